The molecule has 1 heterocycles. The summed E-state index contributed by atoms with van der Waals surface area (Å²) < 4.78 is 28.3. The standard InChI is InChI=1S/C14H14ClF2N3O/c1-7(2)20-6-9(18)5-12(20)14(21)19-13-10(15)3-8(16)4-11(13)17/h3-7H,18H2,1-2H3,(H,19,21). The highest BCUT2D eigenvalue weighted by Crippen LogP contribution is 2.27. The minimum Gasteiger partial charge on any atom is -0.397 e. The zero-order valence-corrected chi connectivity index (χ0v) is 12.2. The van der Waals surface area contributed by atoms with Crippen molar-refractivity contribution < 1.29 is 13.6 Å². The molecule has 7 heteroatoms. The van der Waals surface area contributed by atoms with Crippen molar-refractivity contribution in [2.24, 2.45) is 0 Å². The lowest BCUT2D eigenvalue weighted by molar-refractivity contribution is 0.101. The number of carbonyl (C=O) groups is 1. The van der Waals surface area contributed by atoms with Crippen LogP contribution in [0.3, 0.4) is 0 Å². The van der Waals surface area contributed by atoms with Crippen molar-refractivity contribution in [1.82, 2.24) is 4.57 Å². The molecule has 0 spiro atoms. The molecule has 1 aromatic heterocycles. The lowest BCUT2D eigenvalue weighted by atomic mass is 10.2. The number of carbonyl (C=O) groups excluding carboxylic acids is 1. The minimum atomic E-state index is -0.941. The first-order valence-corrected chi connectivity index (χ1v) is 6.60. The maximum Gasteiger partial charge on any atom is 0.272 e. The van der Waals surface area contributed by atoms with Gasteiger partial charge in [0.05, 0.1) is 16.4 Å². The molecule has 0 aliphatic heterocycles. The fourth-order valence-electron chi connectivity index (χ4n) is 1.95. The predicted molar refractivity (Wildman–Crippen MR) is 78.6 cm³/mol. The molecule has 4 nitrogen and oxygen atoms in total. The first kappa shape index (κ1) is 15.3. The van der Waals surface area contributed by atoms with E-state index in [0.717, 1.165) is 6.07 Å². The maximum atomic E-state index is 13.7. The number of nitrogens with one attached hydrogen (secondary N) is 1. The number of halogens is 3. The molecule has 1 aromatic carbocycles. The summed E-state index contributed by atoms with van der Waals surface area (Å²) in [4.78, 5) is 12.2. The van der Waals surface area contributed by atoms with Gasteiger partial charge >= 0.3 is 0 Å². The second kappa shape index (κ2) is 5.73. The van der Waals surface area contributed by atoms with Crippen LogP contribution in [0.15, 0.2) is 24.4 Å². The van der Waals surface area contributed by atoms with Crippen molar-refractivity contribution >= 4 is 28.9 Å². The molecule has 0 radical (unpaired) electrons. The summed E-state index contributed by atoms with van der Waals surface area (Å²) in [7, 11) is 0. The van der Waals surface area contributed by atoms with Crippen LogP contribution in [0.4, 0.5) is 20.2 Å². The van der Waals surface area contributed by atoms with Gasteiger partial charge in [0.25, 0.3) is 5.91 Å². The molecule has 3 N–H and O–H groups in total. The van der Waals surface area contributed by atoms with Crippen LogP contribution in [0.1, 0.15) is 30.4 Å². The van der Waals surface area contributed by atoms with Crippen molar-refractivity contribution in [3.8, 4) is 0 Å². The minimum absolute atomic E-state index is 0.00316. The van der Waals surface area contributed by atoms with Gasteiger partial charge in [-0.15, -0.1) is 0 Å². The third-order valence-corrected chi connectivity index (χ3v) is 3.20. The smallest absolute Gasteiger partial charge is 0.272 e. The Labute approximate surface area is 125 Å². The Morgan fingerprint density at radius 2 is 2.00 bits per heavy atom. The highest BCUT2D eigenvalue weighted by molar-refractivity contribution is 6.34. The Morgan fingerprint density at radius 1 is 1.33 bits per heavy atom. The van der Waals surface area contributed by atoms with Crippen molar-refractivity contribution in [3.05, 3.63) is 46.7 Å². The molecule has 112 valence electrons. The van der Waals surface area contributed by atoms with E-state index in [9.17, 15) is 13.6 Å². The topological polar surface area (TPSA) is 60.0 Å². The molecular weight excluding hydrogens is 300 g/mol. The molecular formula is C14H14ClF2N3O. The van der Waals surface area contributed by atoms with Crippen LogP contribution < -0.4 is 11.1 Å². The van der Waals surface area contributed by atoms with E-state index in [-0.39, 0.29) is 22.4 Å². The van der Waals surface area contributed by atoms with E-state index >= 15 is 0 Å². The Hall–Kier alpha value is -2.08. The Balaban J connectivity index is 2.35. The second-order valence-electron chi connectivity index (χ2n) is 4.86. The predicted octanol–water partition coefficient (Wildman–Crippen LogP) is 3.84. The average Bonchev–Trinajstić information content (AvgIpc) is 2.76. The number of hydrogen-bond donors (Lipinski definition) is 2. The maximum absolute atomic E-state index is 13.7. The number of anilines is 2. The van der Waals surface area contributed by atoms with E-state index in [2.05, 4.69) is 5.32 Å². The molecule has 0 aliphatic carbocycles. The Bertz CT molecular complexity index is 675. The van der Waals surface area contributed by atoms with Crippen molar-refractivity contribution in [2.45, 2.75) is 19.9 Å². The SMILES string of the molecule is CC(C)n1cc(N)cc1C(=O)Nc1c(F)cc(F)cc1Cl. The lowest BCUT2D eigenvalue weighted by Crippen LogP contribution is -2.18. The summed E-state index contributed by atoms with van der Waals surface area (Å²) in [5.74, 6) is -2.33. The van der Waals surface area contributed by atoms with Crippen LogP contribution in [0.25, 0.3) is 0 Å². The van der Waals surface area contributed by atoms with Gasteiger partial charge in [-0.05, 0) is 26.0 Å². The summed E-state index contributed by atoms with van der Waals surface area (Å²) >= 11 is 5.75. The zero-order valence-electron chi connectivity index (χ0n) is 11.5. The van der Waals surface area contributed by atoms with Crippen LogP contribution >= 0.6 is 11.6 Å². The molecule has 0 saturated heterocycles. The van der Waals surface area contributed by atoms with Crippen LogP contribution in [-0.4, -0.2) is 10.5 Å². The molecule has 0 aliphatic rings. The number of nitrogens with two attached hydrogens (primary N) is 1. The summed E-state index contributed by atoms with van der Waals surface area (Å²) in [5, 5.41) is 2.13. The van der Waals surface area contributed by atoms with Gasteiger partial charge in [0.2, 0.25) is 0 Å². The third kappa shape index (κ3) is 3.16. The van der Waals surface area contributed by atoms with E-state index in [1.165, 1.54) is 6.07 Å². The van der Waals surface area contributed by atoms with Crippen molar-refractivity contribution in [2.75, 3.05) is 11.1 Å². The molecule has 2 aromatic rings. The quantitative estimate of drug-likeness (QED) is 0.904. The second-order valence-corrected chi connectivity index (χ2v) is 5.27. The molecule has 0 unspecified atom stereocenters. The highest BCUT2D eigenvalue weighted by Gasteiger charge is 2.18. The molecule has 0 fully saturated rings. The van der Waals surface area contributed by atoms with Crippen LogP contribution in [0.2, 0.25) is 5.02 Å². The van der Waals surface area contributed by atoms with Crippen molar-refractivity contribution in [3.63, 3.8) is 0 Å². The van der Waals surface area contributed by atoms with E-state index < -0.39 is 17.5 Å². The number of aromatic nitrogens is 1. The number of rotatable bonds is 3. The molecule has 0 saturated carbocycles. The number of benzene rings is 1. The van der Waals surface area contributed by atoms with E-state index in [1.807, 2.05) is 13.8 Å². The van der Waals surface area contributed by atoms with Crippen molar-refractivity contribution in [1.29, 1.82) is 0 Å². The first-order chi connectivity index (χ1) is 9.79. The van der Waals surface area contributed by atoms with Gasteiger partial charge < -0.3 is 15.6 Å². The van der Waals surface area contributed by atoms with Gasteiger partial charge in [-0.1, -0.05) is 11.6 Å². The fraction of sp³-hybridized carbons (Fsp3) is 0.214. The van der Waals surface area contributed by atoms with E-state index in [4.69, 9.17) is 17.3 Å². The van der Waals surface area contributed by atoms with Crippen LogP contribution in [0, 0.1) is 11.6 Å². The normalized spacial score (nSPS) is 11.0. The van der Waals surface area contributed by atoms with Gasteiger partial charge in [-0.25, -0.2) is 8.78 Å². The molecule has 0 bridgehead atoms. The molecule has 2 rings (SSSR count). The number of nitrogens with zero attached hydrogens (tertiary/aromatic N) is 1. The molecule has 0 atom stereocenters. The third-order valence-electron chi connectivity index (χ3n) is 2.90. The van der Waals surface area contributed by atoms with E-state index in [0.29, 0.717) is 11.8 Å². The number of nitrogen functional groups attached to an aromatic ring is 1. The largest absolute Gasteiger partial charge is 0.397 e. The highest BCUT2D eigenvalue weighted by atomic mass is 35.5. The van der Waals surface area contributed by atoms with E-state index in [1.54, 1.807) is 10.8 Å². The summed E-state index contributed by atoms with van der Waals surface area (Å²) in [6.45, 7) is 3.75. The lowest BCUT2D eigenvalue weighted by Gasteiger charge is -2.13. The number of amides is 1. The summed E-state index contributed by atoms with van der Waals surface area (Å²) in [6.07, 6.45) is 1.61. The first-order valence-electron chi connectivity index (χ1n) is 6.23. The van der Waals surface area contributed by atoms with Gasteiger partial charge in [0.15, 0.2) is 5.82 Å². The molecule has 1 amide bonds. The fourth-order valence-corrected chi connectivity index (χ4v) is 2.19. The van der Waals surface area contributed by atoms with Crippen LogP contribution in [0.5, 0.6) is 0 Å². The Kier molecular flexibility index (Phi) is 4.18. The average molecular weight is 314 g/mol. The van der Waals surface area contributed by atoms with Gasteiger partial charge in [-0.2, -0.15) is 0 Å². The van der Waals surface area contributed by atoms with Crippen LogP contribution in [-0.2, 0) is 0 Å². The van der Waals surface area contributed by atoms with Gasteiger partial charge in [-0.3, -0.25) is 4.79 Å². The Morgan fingerprint density at radius 3 is 2.57 bits per heavy atom. The molecule has 21 heavy (non-hydrogen) atoms. The van der Waals surface area contributed by atoms with Gasteiger partial charge in [0.1, 0.15) is 11.5 Å². The monoisotopic (exact) mass is 313 g/mol. The zero-order chi connectivity index (χ0) is 15.7. The summed E-state index contributed by atoms with van der Waals surface area (Å²) in [6, 6.07) is 3.05. The number of hydrogen-bond acceptors (Lipinski definition) is 2. The van der Waals surface area contributed by atoms with Gasteiger partial charge in [0, 0.05) is 18.3 Å². The summed E-state index contributed by atoms with van der Waals surface area (Å²) in [5.41, 5.74) is 6.09.